The van der Waals surface area contributed by atoms with Crippen molar-refractivity contribution in [3.05, 3.63) is 23.2 Å². The first kappa shape index (κ1) is 14.1. The number of aromatic nitrogens is 1. The Morgan fingerprint density at radius 3 is 3.15 bits per heavy atom. The van der Waals surface area contributed by atoms with Crippen molar-refractivity contribution < 1.29 is 0 Å². The molecule has 1 fully saturated rings. The topological polar surface area (TPSA) is 28.2 Å². The summed E-state index contributed by atoms with van der Waals surface area (Å²) in [5, 5.41) is 5.51. The van der Waals surface area contributed by atoms with Gasteiger partial charge in [-0.15, -0.1) is 0 Å². The van der Waals surface area contributed by atoms with E-state index >= 15 is 0 Å². The van der Waals surface area contributed by atoms with Crippen molar-refractivity contribution in [3.8, 4) is 0 Å². The van der Waals surface area contributed by atoms with Crippen LogP contribution in [0.2, 0.25) is 5.02 Å². The highest BCUT2D eigenvalue weighted by Gasteiger charge is 2.22. The van der Waals surface area contributed by atoms with Crippen LogP contribution in [0, 0.1) is 5.92 Å². The van der Waals surface area contributed by atoms with Gasteiger partial charge in [-0.3, -0.25) is 0 Å². The number of benzene rings is 1. The first-order valence-electron chi connectivity index (χ1n) is 7.16. The molecule has 2 aromatic rings. The molecule has 1 aliphatic heterocycles. The van der Waals surface area contributed by atoms with Gasteiger partial charge >= 0.3 is 0 Å². The Kier molecular flexibility index (Phi) is 4.15. The highest BCUT2D eigenvalue weighted by molar-refractivity contribution is 7.22. The lowest BCUT2D eigenvalue weighted by molar-refractivity contribution is 0.388. The average Bonchev–Trinajstić information content (AvgIpc) is 2.81. The van der Waals surface area contributed by atoms with Crippen LogP contribution in [0.3, 0.4) is 0 Å². The van der Waals surface area contributed by atoms with Gasteiger partial charge in [0.15, 0.2) is 5.13 Å². The molecule has 20 heavy (non-hydrogen) atoms. The van der Waals surface area contributed by atoms with Crippen molar-refractivity contribution >= 4 is 38.3 Å². The average molecular weight is 310 g/mol. The summed E-state index contributed by atoms with van der Waals surface area (Å²) in [6.07, 6.45) is 1.22. The Labute approximate surface area is 128 Å². The molecule has 0 saturated carbocycles. The van der Waals surface area contributed by atoms with E-state index in [9.17, 15) is 0 Å². The largest absolute Gasteiger partial charge is 0.345 e. The standard InChI is InChI=1S/C15H20ClN3S/c1-10(2)7-12-9-19(6-5-17-12)15-18-13-4-3-11(16)8-14(13)20-15/h3-4,8,10,12,17H,5-7,9H2,1-2H3/t12-/m0/s1. The molecule has 1 atom stereocenters. The Hall–Kier alpha value is -0.840. The van der Waals surface area contributed by atoms with E-state index in [-0.39, 0.29) is 0 Å². The van der Waals surface area contributed by atoms with Crippen molar-refractivity contribution in [3.63, 3.8) is 0 Å². The fourth-order valence-electron chi connectivity index (χ4n) is 2.75. The molecule has 2 heterocycles. The molecule has 0 bridgehead atoms. The molecular formula is C15H20ClN3S. The summed E-state index contributed by atoms with van der Waals surface area (Å²) in [6, 6.07) is 6.49. The highest BCUT2D eigenvalue weighted by Crippen LogP contribution is 2.31. The van der Waals surface area contributed by atoms with Crippen LogP contribution in [0.4, 0.5) is 5.13 Å². The molecule has 0 amide bonds. The summed E-state index contributed by atoms with van der Waals surface area (Å²) in [5.74, 6) is 0.724. The number of rotatable bonds is 3. The third kappa shape index (κ3) is 3.08. The summed E-state index contributed by atoms with van der Waals surface area (Å²) in [6.45, 7) is 7.67. The first-order chi connectivity index (χ1) is 9.61. The number of hydrogen-bond donors (Lipinski definition) is 1. The molecule has 0 radical (unpaired) electrons. The predicted molar refractivity (Wildman–Crippen MR) is 88.1 cm³/mol. The number of thiazole rings is 1. The van der Waals surface area contributed by atoms with Crippen molar-refractivity contribution in [1.82, 2.24) is 10.3 Å². The zero-order chi connectivity index (χ0) is 14.1. The monoisotopic (exact) mass is 309 g/mol. The van der Waals surface area contributed by atoms with E-state index in [0.29, 0.717) is 6.04 Å². The second-order valence-corrected chi connectivity index (χ2v) is 7.28. The number of halogens is 1. The molecule has 0 spiro atoms. The van der Waals surface area contributed by atoms with E-state index in [1.165, 1.54) is 11.1 Å². The lowest BCUT2D eigenvalue weighted by Gasteiger charge is -2.34. The lowest BCUT2D eigenvalue weighted by Crippen LogP contribution is -2.51. The molecule has 5 heteroatoms. The number of fused-ring (bicyclic) bond motifs is 1. The zero-order valence-corrected chi connectivity index (χ0v) is 13.5. The van der Waals surface area contributed by atoms with Crippen molar-refractivity contribution in [2.75, 3.05) is 24.5 Å². The minimum absolute atomic E-state index is 0.569. The van der Waals surface area contributed by atoms with Crippen molar-refractivity contribution in [2.45, 2.75) is 26.3 Å². The van der Waals surface area contributed by atoms with Gasteiger partial charge in [-0.25, -0.2) is 4.98 Å². The second kappa shape index (κ2) is 5.88. The van der Waals surface area contributed by atoms with Crippen molar-refractivity contribution in [1.29, 1.82) is 0 Å². The van der Waals surface area contributed by atoms with Crippen LogP contribution in [-0.2, 0) is 0 Å². The minimum Gasteiger partial charge on any atom is -0.345 e. The zero-order valence-electron chi connectivity index (χ0n) is 11.9. The van der Waals surface area contributed by atoms with E-state index in [0.717, 1.165) is 41.2 Å². The summed E-state index contributed by atoms with van der Waals surface area (Å²) in [5.41, 5.74) is 1.05. The van der Waals surface area contributed by atoms with Gasteiger partial charge in [0.2, 0.25) is 0 Å². The molecule has 0 unspecified atom stereocenters. The molecule has 3 rings (SSSR count). The maximum atomic E-state index is 6.05. The number of piperazine rings is 1. The Balaban J connectivity index is 1.79. The molecule has 3 nitrogen and oxygen atoms in total. The summed E-state index contributed by atoms with van der Waals surface area (Å²) in [4.78, 5) is 7.15. The van der Waals surface area contributed by atoms with Crippen LogP contribution in [0.25, 0.3) is 10.2 Å². The van der Waals surface area contributed by atoms with Gasteiger partial charge in [0, 0.05) is 30.7 Å². The SMILES string of the molecule is CC(C)C[C@H]1CN(c2nc3ccc(Cl)cc3s2)CCN1. The summed E-state index contributed by atoms with van der Waals surface area (Å²) < 4.78 is 1.17. The molecular weight excluding hydrogens is 290 g/mol. The van der Waals surface area contributed by atoms with E-state index < -0.39 is 0 Å². The summed E-state index contributed by atoms with van der Waals surface area (Å²) in [7, 11) is 0. The lowest BCUT2D eigenvalue weighted by atomic mass is 10.0. The normalized spacial score (nSPS) is 20.0. The van der Waals surface area contributed by atoms with E-state index in [2.05, 4.69) is 24.1 Å². The second-order valence-electron chi connectivity index (χ2n) is 5.84. The van der Waals surface area contributed by atoms with Crippen LogP contribution in [0.15, 0.2) is 18.2 Å². The highest BCUT2D eigenvalue weighted by atomic mass is 35.5. The molecule has 1 aromatic carbocycles. The Morgan fingerprint density at radius 1 is 1.50 bits per heavy atom. The maximum Gasteiger partial charge on any atom is 0.186 e. The number of nitrogens with zero attached hydrogens (tertiary/aromatic N) is 2. The molecule has 1 N–H and O–H groups in total. The van der Waals surface area contributed by atoms with Gasteiger partial charge in [-0.1, -0.05) is 36.8 Å². The quantitative estimate of drug-likeness (QED) is 0.935. The van der Waals surface area contributed by atoms with Gasteiger partial charge in [-0.2, -0.15) is 0 Å². The minimum atomic E-state index is 0.569. The van der Waals surface area contributed by atoms with Crippen LogP contribution in [0.5, 0.6) is 0 Å². The van der Waals surface area contributed by atoms with Gasteiger partial charge in [0.05, 0.1) is 10.2 Å². The molecule has 1 aromatic heterocycles. The third-order valence-corrected chi connectivity index (χ3v) is 4.94. The van der Waals surface area contributed by atoms with Crippen LogP contribution in [0.1, 0.15) is 20.3 Å². The Morgan fingerprint density at radius 2 is 2.35 bits per heavy atom. The summed E-state index contributed by atoms with van der Waals surface area (Å²) >= 11 is 7.79. The van der Waals surface area contributed by atoms with Gasteiger partial charge in [-0.05, 0) is 30.5 Å². The van der Waals surface area contributed by atoms with Crippen LogP contribution >= 0.6 is 22.9 Å². The van der Waals surface area contributed by atoms with Gasteiger partial charge < -0.3 is 10.2 Å². The first-order valence-corrected chi connectivity index (χ1v) is 8.35. The fraction of sp³-hybridized carbons (Fsp3) is 0.533. The van der Waals surface area contributed by atoms with Gasteiger partial charge in [0.1, 0.15) is 0 Å². The van der Waals surface area contributed by atoms with Crippen LogP contribution in [-0.4, -0.2) is 30.7 Å². The van der Waals surface area contributed by atoms with Crippen molar-refractivity contribution in [2.24, 2.45) is 5.92 Å². The predicted octanol–water partition coefficient (Wildman–Crippen LogP) is 3.77. The van der Waals surface area contributed by atoms with Gasteiger partial charge in [0.25, 0.3) is 0 Å². The fourth-order valence-corrected chi connectivity index (χ4v) is 4.02. The van der Waals surface area contributed by atoms with E-state index in [4.69, 9.17) is 16.6 Å². The molecule has 1 saturated heterocycles. The molecule has 0 aliphatic carbocycles. The number of nitrogens with one attached hydrogen (secondary N) is 1. The number of hydrogen-bond acceptors (Lipinski definition) is 4. The number of anilines is 1. The van der Waals surface area contributed by atoms with Crippen LogP contribution < -0.4 is 10.2 Å². The maximum absolute atomic E-state index is 6.05. The third-order valence-electron chi connectivity index (χ3n) is 3.62. The van der Waals surface area contributed by atoms with E-state index in [1.54, 1.807) is 11.3 Å². The molecule has 108 valence electrons. The van der Waals surface area contributed by atoms with E-state index in [1.807, 2.05) is 18.2 Å². The molecule has 1 aliphatic rings. The Bertz CT molecular complexity index is 596. The smallest absolute Gasteiger partial charge is 0.186 e.